The van der Waals surface area contributed by atoms with Gasteiger partial charge in [0.1, 0.15) is 24.1 Å². The minimum atomic E-state index is -4.60. The predicted octanol–water partition coefficient (Wildman–Crippen LogP) is 8.18. The third kappa shape index (κ3) is 9.71. The van der Waals surface area contributed by atoms with Gasteiger partial charge in [0, 0.05) is 60.2 Å². The van der Waals surface area contributed by atoms with Gasteiger partial charge in [-0.3, -0.25) is 4.79 Å². The molecule has 2 aromatic carbocycles. The van der Waals surface area contributed by atoms with Gasteiger partial charge in [-0.15, -0.1) is 0 Å². The fourth-order valence-corrected chi connectivity index (χ4v) is 7.08. The van der Waals surface area contributed by atoms with Crippen molar-refractivity contribution >= 4 is 34.9 Å². The van der Waals surface area contributed by atoms with Gasteiger partial charge in [-0.25, -0.2) is 28.6 Å². The van der Waals surface area contributed by atoms with Gasteiger partial charge >= 0.3 is 24.2 Å². The first-order valence-corrected chi connectivity index (χ1v) is 19.8. The number of aromatic nitrogens is 5. The molecule has 0 unspecified atom stereocenters. The predicted molar refractivity (Wildman–Crippen MR) is 215 cm³/mol. The number of anilines is 1. The number of fused-ring (bicyclic) bond motifs is 2. The summed E-state index contributed by atoms with van der Waals surface area (Å²) >= 11 is 0. The first-order chi connectivity index (χ1) is 28.4. The normalized spacial score (nSPS) is 13.6. The molecule has 5 aromatic rings. The van der Waals surface area contributed by atoms with Crippen LogP contribution in [0, 0.1) is 11.7 Å². The summed E-state index contributed by atoms with van der Waals surface area (Å²) in [6, 6.07) is 7.45. The second-order valence-electron chi connectivity index (χ2n) is 16.0. The van der Waals surface area contributed by atoms with Crippen molar-refractivity contribution in [3.63, 3.8) is 0 Å². The molecule has 1 aliphatic heterocycles. The van der Waals surface area contributed by atoms with Gasteiger partial charge in [0.05, 0.1) is 41.2 Å². The van der Waals surface area contributed by atoms with Crippen molar-refractivity contribution in [2.75, 3.05) is 18.1 Å². The summed E-state index contributed by atoms with van der Waals surface area (Å²) in [6.45, 7) is 12.8. The molecule has 1 atom stereocenters. The van der Waals surface area contributed by atoms with Crippen molar-refractivity contribution in [1.29, 1.82) is 0 Å². The maximum Gasteiger partial charge on any atom is 0.419 e. The molecule has 1 aliphatic rings. The van der Waals surface area contributed by atoms with Crippen molar-refractivity contribution in [2.45, 2.75) is 105 Å². The molecule has 1 amide bonds. The molecule has 0 bridgehead atoms. The maximum atomic E-state index is 17.1. The largest absolute Gasteiger partial charge is 0.465 e. The molecule has 0 saturated heterocycles. The number of rotatable bonds is 13. The Morgan fingerprint density at radius 1 is 0.983 bits per heavy atom. The van der Waals surface area contributed by atoms with Crippen molar-refractivity contribution in [3.05, 3.63) is 88.3 Å². The van der Waals surface area contributed by atoms with E-state index in [4.69, 9.17) is 19.3 Å². The number of ether oxygens (including phenoxy) is 3. The number of benzene rings is 2. The number of hydrogen-bond acceptors (Lipinski definition) is 10. The lowest BCUT2D eigenvalue weighted by molar-refractivity contribution is -0.154. The third-order valence-corrected chi connectivity index (χ3v) is 9.87. The summed E-state index contributed by atoms with van der Waals surface area (Å²) in [5.74, 6) is -2.23. The van der Waals surface area contributed by atoms with Gasteiger partial charge in [0.2, 0.25) is 5.95 Å². The van der Waals surface area contributed by atoms with Crippen LogP contribution in [0.1, 0.15) is 88.4 Å². The Kier molecular flexibility index (Phi) is 12.8. The topological polar surface area (TPSA) is 154 Å². The highest BCUT2D eigenvalue weighted by atomic mass is 19.4. The summed E-state index contributed by atoms with van der Waals surface area (Å²) in [5, 5.41) is 7.93. The molecule has 320 valence electrons. The molecule has 0 saturated carbocycles. The van der Waals surface area contributed by atoms with E-state index in [1.165, 1.54) is 6.07 Å². The Morgan fingerprint density at radius 3 is 2.28 bits per heavy atom. The van der Waals surface area contributed by atoms with Crippen molar-refractivity contribution in [3.8, 4) is 16.9 Å². The minimum Gasteiger partial charge on any atom is -0.465 e. The molecule has 0 fully saturated rings. The van der Waals surface area contributed by atoms with Crippen LogP contribution in [-0.2, 0) is 62.4 Å². The molecule has 0 spiro atoms. The van der Waals surface area contributed by atoms with Gasteiger partial charge in [-0.2, -0.15) is 18.3 Å². The van der Waals surface area contributed by atoms with Gasteiger partial charge in [0.15, 0.2) is 0 Å². The Hall–Kier alpha value is -6.00. The molecule has 3 aromatic heterocycles. The first kappa shape index (κ1) is 43.6. The number of esters is 2. The van der Waals surface area contributed by atoms with E-state index < -0.39 is 60.3 Å². The lowest BCUT2D eigenvalue weighted by Crippen LogP contribution is -2.45. The van der Waals surface area contributed by atoms with Crippen LogP contribution in [0.5, 0.6) is 0 Å². The van der Waals surface area contributed by atoms with Crippen molar-refractivity contribution < 1.29 is 46.2 Å². The average Bonchev–Trinajstić information content (AvgIpc) is 3.83. The first-order valence-electron chi connectivity index (χ1n) is 19.8. The molecular formula is C43H49F4N7O6. The number of carbonyl (C=O) groups is 3. The zero-order chi connectivity index (χ0) is 43.5. The number of para-hydroxylation sites is 1. The Labute approximate surface area is 344 Å². The molecule has 0 aliphatic carbocycles. The second kappa shape index (κ2) is 17.7. The fourth-order valence-electron chi connectivity index (χ4n) is 7.08. The van der Waals surface area contributed by atoms with Gasteiger partial charge in [-0.1, -0.05) is 45.9 Å². The van der Waals surface area contributed by atoms with Crippen LogP contribution in [0.25, 0.3) is 27.8 Å². The molecule has 4 heterocycles. The average molecular weight is 836 g/mol. The van der Waals surface area contributed by atoms with Crippen LogP contribution in [-0.4, -0.2) is 67.6 Å². The molecule has 17 heteroatoms. The highest BCUT2D eigenvalue weighted by Crippen LogP contribution is 2.41. The smallest absolute Gasteiger partial charge is 0.419 e. The summed E-state index contributed by atoms with van der Waals surface area (Å²) in [4.78, 5) is 51.8. The second-order valence-corrected chi connectivity index (χ2v) is 16.0. The van der Waals surface area contributed by atoms with E-state index in [9.17, 15) is 27.6 Å². The number of alkyl carbamates (subject to hydrolysis) is 1. The molecule has 2 N–H and O–H groups in total. The van der Waals surface area contributed by atoms with Crippen LogP contribution < -0.4 is 10.2 Å². The number of hydrogen-bond donors (Lipinski definition) is 2. The quantitative estimate of drug-likeness (QED) is 0.0675. The Bertz CT molecular complexity index is 2340. The monoisotopic (exact) mass is 835 g/mol. The van der Waals surface area contributed by atoms with E-state index in [1.807, 2.05) is 45.9 Å². The highest BCUT2D eigenvalue weighted by molar-refractivity contribution is 5.98. The summed E-state index contributed by atoms with van der Waals surface area (Å²) < 4.78 is 75.1. The van der Waals surface area contributed by atoms with Crippen LogP contribution in [0.3, 0.4) is 0 Å². The van der Waals surface area contributed by atoms with E-state index in [0.29, 0.717) is 53.7 Å². The standard InChI is InChI=1S/C43H49F4N7O6/c1-8-25-11-10-12-26(9-2)37(25)54-38(30-21-53(16-14-32(30)52-54)40-49-19-28(20-50-40)43(45,46)47)35-29-13-15-48-36(29)27(17-31(35)44)23-59-39(56)33(18-34(55)58-22-24(3)4)51-41(57)60-42(5,6)7/h10-13,15,17,19-20,24,33,48H,8-9,14,16,18,21-23H2,1-7H3,(H,51,57)/t33-/m0/s1. The molecule has 13 nitrogen and oxygen atoms in total. The fraction of sp³-hybridized carbons (Fsp3) is 0.442. The zero-order valence-corrected chi connectivity index (χ0v) is 34.6. The highest BCUT2D eigenvalue weighted by Gasteiger charge is 2.35. The van der Waals surface area contributed by atoms with E-state index in [2.05, 4.69) is 20.3 Å². The third-order valence-electron chi connectivity index (χ3n) is 9.87. The van der Waals surface area contributed by atoms with Gasteiger partial charge < -0.3 is 29.4 Å². The van der Waals surface area contributed by atoms with E-state index in [-0.39, 0.29) is 36.1 Å². The SMILES string of the molecule is CCc1cccc(CC)c1-n1nc2c(c1-c1c(F)cc(COC(=O)[C@H](CC(=O)OCC(C)C)NC(=O)OC(C)(C)C)c3[nH]ccc13)CN(c1ncc(C(F)(F)F)cn1)CC2. The summed E-state index contributed by atoms with van der Waals surface area (Å²) in [7, 11) is 0. The number of aromatic amines is 1. The number of halogens is 4. The summed E-state index contributed by atoms with van der Waals surface area (Å²) in [5.41, 5.74) is 3.62. The number of carbonyl (C=O) groups excluding carboxylic acids is 3. The van der Waals surface area contributed by atoms with E-state index >= 15 is 4.39 Å². The van der Waals surface area contributed by atoms with Crippen LogP contribution >= 0.6 is 0 Å². The molecule has 60 heavy (non-hydrogen) atoms. The lowest BCUT2D eigenvalue weighted by atomic mass is 9.95. The maximum absolute atomic E-state index is 17.1. The minimum absolute atomic E-state index is 0.0328. The molecular weight excluding hydrogens is 787 g/mol. The van der Waals surface area contributed by atoms with Crippen molar-refractivity contribution in [1.82, 2.24) is 30.0 Å². The van der Waals surface area contributed by atoms with Crippen molar-refractivity contribution in [2.24, 2.45) is 5.92 Å². The molecule has 6 rings (SSSR count). The number of amides is 1. The number of H-pyrrole nitrogens is 1. The number of aryl methyl sites for hydroxylation is 2. The van der Waals surface area contributed by atoms with Crippen LogP contribution in [0.15, 0.2) is 48.9 Å². The van der Waals surface area contributed by atoms with Crippen LogP contribution in [0.2, 0.25) is 0 Å². The van der Waals surface area contributed by atoms with Gasteiger partial charge in [0.25, 0.3) is 0 Å². The molecule has 0 radical (unpaired) electrons. The Morgan fingerprint density at radius 2 is 1.67 bits per heavy atom. The Balaban J connectivity index is 1.39. The lowest BCUT2D eigenvalue weighted by Gasteiger charge is -2.27. The number of nitrogens with one attached hydrogen (secondary N) is 2. The van der Waals surface area contributed by atoms with Crippen LogP contribution in [0.4, 0.5) is 28.3 Å². The summed E-state index contributed by atoms with van der Waals surface area (Å²) in [6.07, 6.45) is -1.26. The van der Waals surface area contributed by atoms with Gasteiger partial charge in [-0.05, 0) is 62.8 Å². The van der Waals surface area contributed by atoms with E-state index in [1.54, 1.807) is 42.6 Å². The number of nitrogens with zero attached hydrogens (tertiary/aromatic N) is 5. The zero-order valence-electron chi connectivity index (χ0n) is 34.6. The number of alkyl halides is 3. The van der Waals surface area contributed by atoms with E-state index in [0.717, 1.165) is 29.2 Å².